The van der Waals surface area contributed by atoms with Crippen LogP contribution in [0.2, 0.25) is 0 Å². The fraction of sp³-hybridized carbons (Fsp3) is 0.870. The van der Waals surface area contributed by atoms with Gasteiger partial charge in [-0.05, 0) is 44.4 Å². The molecule has 1 saturated heterocycles. The zero-order chi connectivity index (χ0) is 19.1. The molecule has 2 saturated carbocycles. The molecule has 152 valence electrons. The maximum atomic E-state index is 12.4. The van der Waals surface area contributed by atoms with Gasteiger partial charge in [-0.1, -0.05) is 57.6 Å². The van der Waals surface area contributed by atoms with Gasteiger partial charge in [0, 0.05) is 17.4 Å². The van der Waals surface area contributed by atoms with E-state index in [1.807, 2.05) is 0 Å². The fourth-order valence-corrected chi connectivity index (χ4v) is 6.69. The van der Waals surface area contributed by atoms with Crippen LogP contribution in [-0.4, -0.2) is 30.9 Å². The zero-order valence-electron chi connectivity index (χ0n) is 17.4. The molecule has 27 heavy (non-hydrogen) atoms. The summed E-state index contributed by atoms with van der Waals surface area (Å²) in [7, 11) is 0. The van der Waals surface area contributed by atoms with Crippen LogP contribution in [-0.2, 0) is 9.47 Å². The largest absolute Gasteiger partial charge is 0.449 e. The highest BCUT2D eigenvalue weighted by Crippen LogP contribution is 2.59. The summed E-state index contributed by atoms with van der Waals surface area (Å²) in [5.74, 6) is 1.31. The van der Waals surface area contributed by atoms with E-state index < -0.39 is 0 Å². The van der Waals surface area contributed by atoms with Crippen LogP contribution in [0.3, 0.4) is 0 Å². The van der Waals surface area contributed by atoms with Gasteiger partial charge in [-0.15, -0.1) is 0 Å². The molecule has 0 aromatic heterocycles. The molecule has 1 heterocycles. The number of amides is 1. The zero-order valence-corrected chi connectivity index (χ0v) is 17.4. The van der Waals surface area contributed by atoms with Crippen LogP contribution in [0, 0.1) is 23.2 Å². The second-order valence-corrected chi connectivity index (χ2v) is 9.81. The van der Waals surface area contributed by atoms with Crippen molar-refractivity contribution >= 4 is 6.09 Å². The number of rotatable bonds is 3. The van der Waals surface area contributed by atoms with Crippen LogP contribution in [0.1, 0.15) is 78.6 Å². The summed E-state index contributed by atoms with van der Waals surface area (Å²) in [5.41, 5.74) is 1.43. The molecule has 1 amide bonds. The lowest BCUT2D eigenvalue weighted by Gasteiger charge is -2.59. The third-order valence-corrected chi connectivity index (χ3v) is 8.36. The second kappa shape index (κ2) is 7.42. The molecular weight excluding hydrogens is 338 g/mol. The molecule has 0 unspecified atom stereocenters. The van der Waals surface area contributed by atoms with Crippen LogP contribution >= 0.6 is 0 Å². The lowest BCUT2D eigenvalue weighted by molar-refractivity contribution is -0.212. The number of hydrogen-bond acceptors (Lipinski definition) is 3. The number of carbonyl (C=O) groups is 1. The summed E-state index contributed by atoms with van der Waals surface area (Å²) in [6.45, 7) is 8.11. The van der Waals surface area contributed by atoms with Crippen LogP contribution in [0.15, 0.2) is 11.6 Å². The summed E-state index contributed by atoms with van der Waals surface area (Å²) in [6.07, 6.45) is 13.0. The van der Waals surface area contributed by atoms with E-state index in [0.717, 1.165) is 12.8 Å². The molecule has 4 nitrogen and oxygen atoms in total. The van der Waals surface area contributed by atoms with Crippen LogP contribution in [0.4, 0.5) is 4.79 Å². The van der Waals surface area contributed by atoms with Gasteiger partial charge >= 0.3 is 6.09 Å². The van der Waals surface area contributed by atoms with Gasteiger partial charge < -0.3 is 14.8 Å². The monoisotopic (exact) mass is 375 g/mol. The SMILES string of the molecule is CC1=C[C@H](C)[C@@]2(COC(=O)NC3CCCCC3)COC3(CCCC3)[C@H]1[C@H]2C. The number of hydrogen-bond donors (Lipinski definition) is 1. The molecule has 4 aliphatic rings. The Balaban J connectivity index is 1.45. The highest BCUT2D eigenvalue weighted by Gasteiger charge is 2.60. The Morgan fingerprint density at radius 1 is 1.19 bits per heavy atom. The third-order valence-electron chi connectivity index (χ3n) is 8.36. The molecule has 0 radical (unpaired) electrons. The predicted octanol–water partition coefficient (Wildman–Crippen LogP) is 5.22. The fourth-order valence-electron chi connectivity index (χ4n) is 6.69. The summed E-state index contributed by atoms with van der Waals surface area (Å²) >= 11 is 0. The van der Waals surface area contributed by atoms with Crippen molar-refractivity contribution in [3.8, 4) is 0 Å². The molecule has 1 spiro atoms. The second-order valence-electron chi connectivity index (χ2n) is 9.81. The minimum Gasteiger partial charge on any atom is -0.449 e. The molecule has 2 bridgehead atoms. The summed E-state index contributed by atoms with van der Waals surface area (Å²) in [4.78, 5) is 12.4. The molecule has 4 rings (SSSR count). The van der Waals surface area contributed by atoms with Crippen molar-refractivity contribution in [1.29, 1.82) is 0 Å². The Kier molecular flexibility index (Phi) is 5.30. The minimum absolute atomic E-state index is 0.0357. The smallest absolute Gasteiger partial charge is 0.407 e. The first-order chi connectivity index (χ1) is 13.0. The molecule has 1 aliphatic heterocycles. The minimum atomic E-state index is -0.236. The van der Waals surface area contributed by atoms with Gasteiger partial charge in [0.05, 0.1) is 12.2 Å². The number of alkyl carbamates (subject to hydrolysis) is 1. The number of allylic oxidation sites excluding steroid dienone is 1. The van der Waals surface area contributed by atoms with Gasteiger partial charge in [0.15, 0.2) is 0 Å². The number of fused-ring (bicyclic) bond motifs is 3. The van der Waals surface area contributed by atoms with Gasteiger partial charge in [-0.3, -0.25) is 0 Å². The van der Waals surface area contributed by atoms with E-state index in [4.69, 9.17) is 9.47 Å². The molecule has 3 aliphatic carbocycles. The van der Waals surface area contributed by atoms with E-state index in [2.05, 4.69) is 32.2 Å². The number of nitrogens with one attached hydrogen (secondary N) is 1. The molecule has 0 aromatic rings. The molecule has 4 heteroatoms. The van der Waals surface area contributed by atoms with Crippen molar-refractivity contribution in [2.45, 2.75) is 90.2 Å². The molecule has 0 aromatic carbocycles. The van der Waals surface area contributed by atoms with Crippen LogP contribution < -0.4 is 5.32 Å². The Morgan fingerprint density at radius 3 is 2.59 bits per heavy atom. The Bertz CT molecular complexity index is 588. The van der Waals surface area contributed by atoms with E-state index in [-0.39, 0.29) is 17.1 Å². The van der Waals surface area contributed by atoms with E-state index in [1.54, 1.807) is 0 Å². The standard InChI is InChI=1S/C23H37NO3/c1-16-13-17(2)22(14-26-21(25)24-19-9-5-4-6-10-19)15-27-23(11-7-8-12-23)20(16)18(22)3/h13,17-20H,4-12,14-15H2,1-3H3,(H,24,25)/t17-,18+,20+,22+/m0/s1. The van der Waals surface area contributed by atoms with E-state index in [0.29, 0.717) is 37.0 Å². The van der Waals surface area contributed by atoms with Gasteiger partial charge in [-0.2, -0.15) is 0 Å². The average molecular weight is 376 g/mol. The third kappa shape index (κ3) is 3.32. The highest BCUT2D eigenvalue weighted by molar-refractivity contribution is 5.67. The first kappa shape index (κ1) is 19.3. The lowest BCUT2D eigenvalue weighted by Crippen LogP contribution is -2.61. The van der Waals surface area contributed by atoms with Crippen molar-refractivity contribution in [2.24, 2.45) is 23.2 Å². The van der Waals surface area contributed by atoms with Crippen molar-refractivity contribution < 1.29 is 14.3 Å². The molecule has 3 fully saturated rings. The molecule has 4 atom stereocenters. The Hall–Kier alpha value is -1.03. The quantitative estimate of drug-likeness (QED) is 0.688. The summed E-state index contributed by atoms with van der Waals surface area (Å²) in [5, 5.41) is 3.10. The summed E-state index contributed by atoms with van der Waals surface area (Å²) in [6, 6.07) is 0.296. The van der Waals surface area contributed by atoms with Crippen molar-refractivity contribution in [1.82, 2.24) is 5.32 Å². The Morgan fingerprint density at radius 2 is 1.89 bits per heavy atom. The first-order valence-electron chi connectivity index (χ1n) is 11.2. The van der Waals surface area contributed by atoms with Crippen LogP contribution in [0.25, 0.3) is 0 Å². The topological polar surface area (TPSA) is 47.6 Å². The molecule has 1 N–H and O–H groups in total. The van der Waals surface area contributed by atoms with E-state index in [1.165, 1.54) is 50.5 Å². The highest BCUT2D eigenvalue weighted by atomic mass is 16.6. The van der Waals surface area contributed by atoms with E-state index in [9.17, 15) is 4.79 Å². The van der Waals surface area contributed by atoms with Crippen molar-refractivity contribution in [2.75, 3.05) is 13.2 Å². The summed E-state index contributed by atoms with van der Waals surface area (Å²) < 4.78 is 12.5. The van der Waals surface area contributed by atoms with Gasteiger partial charge in [0.25, 0.3) is 0 Å². The van der Waals surface area contributed by atoms with Gasteiger partial charge in [-0.25, -0.2) is 4.79 Å². The van der Waals surface area contributed by atoms with Gasteiger partial charge in [0.2, 0.25) is 0 Å². The van der Waals surface area contributed by atoms with E-state index >= 15 is 0 Å². The van der Waals surface area contributed by atoms with Gasteiger partial charge in [0.1, 0.15) is 6.61 Å². The Labute approximate surface area is 164 Å². The number of carbonyl (C=O) groups excluding carboxylic acids is 1. The molecular formula is C23H37NO3. The maximum Gasteiger partial charge on any atom is 0.407 e. The lowest BCUT2D eigenvalue weighted by atomic mass is 9.53. The maximum absolute atomic E-state index is 12.4. The predicted molar refractivity (Wildman–Crippen MR) is 107 cm³/mol. The first-order valence-corrected chi connectivity index (χ1v) is 11.2. The van der Waals surface area contributed by atoms with Crippen molar-refractivity contribution in [3.05, 3.63) is 11.6 Å². The van der Waals surface area contributed by atoms with Crippen LogP contribution in [0.5, 0.6) is 0 Å². The normalized spacial score (nSPS) is 38.5. The number of ether oxygens (including phenoxy) is 2. The average Bonchev–Trinajstić information content (AvgIpc) is 3.10. The van der Waals surface area contributed by atoms with Crippen molar-refractivity contribution in [3.63, 3.8) is 0 Å².